The lowest BCUT2D eigenvalue weighted by Gasteiger charge is -2.17. The lowest BCUT2D eigenvalue weighted by atomic mass is 9.92. The van der Waals surface area contributed by atoms with Crippen LogP contribution in [-0.2, 0) is 12.8 Å². The van der Waals surface area contributed by atoms with Gasteiger partial charge in [0.25, 0.3) is 11.9 Å². The van der Waals surface area contributed by atoms with Crippen LogP contribution < -0.4 is 4.74 Å². The second kappa shape index (κ2) is 5.35. The van der Waals surface area contributed by atoms with Crippen molar-refractivity contribution in [2.45, 2.75) is 25.7 Å². The molecule has 0 saturated heterocycles. The Labute approximate surface area is 118 Å². The zero-order chi connectivity index (χ0) is 15.0. The Bertz CT molecular complexity index is 676. The standard InChI is InChI=1S/C15H11F4NO/c16-11-13(12(17)15(19)20-14(11)18)21-10-6-5-8-3-1-2-4-9(8)7-10/h5-7H,1-4H2. The van der Waals surface area contributed by atoms with E-state index in [0.717, 1.165) is 36.8 Å². The zero-order valence-corrected chi connectivity index (χ0v) is 10.9. The molecule has 0 aliphatic heterocycles. The molecule has 0 radical (unpaired) electrons. The molecule has 0 fully saturated rings. The second-order valence-electron chi connectivity index (χ2n) is 4.89. The minimum atomic E-state index is -1.73. The number of aromatic nitrogens is 1. The van der Waals surface area contributed by atoms with Crippen LogP contribution in [0.1, 0.15) is 24.0 Å². The molecule has 3 rings (SSSR count). The van der Waals surface area contributed by atoms with Gasteiger partial charge in [0, 0.05) is 0 Å². The summed E-state index contributed by atoms with van der Waals surface area (Å²) >= 11 is 0. The molecule has 2 nitrogen and oxygen atoms in total. The quantitative estimate of drug-likeness (QED) is 0.609. The molecule has 0 atom stereocenters. The molecular formula is C15H11F4NO. The van der Waals surface area contributed by atoms with E-state index >= 15 is 0 Å². The topological polar surface area (TPSA) is 22.1 Å². The predicted octanol–water partition coefficient (Wildman–Crippen LogP) is 4.31. The number of pyridine rings is 1. The van der Waals surface area contributed by atoms with E-state index in [1.54, 1.807) is 12.1 Å². The normalized spacial score (nSPS) is 13.9. The van der Waals surface area contributed by atoms with Crippen molar-refractivity contribution in [2.24, 2.45) is 0 Å². The molecule has 1 aliphatic carbocycles. The smallest absolute Gasteiger partial charge is 0.255 e. The van der Waals surface area contributed by atoms with Crippen molar-refractivity contribution in [1.82, 2.24) is 4.98 Å². The minimum absolute atomic E-state index is 0.137. The Hall–Kier alpha value is -2.11. The molecule has 0 bridgehead atoms. The molecule has 1 aromatic carbocycles. The molecule has 1 heterocycles. The third kappa shape index (κ3) is 2.57. The van der Waals surface area contributed by atoms with Crippen LogP contribution in [-0.4, -0.2) is 4.98 Å². The van der Waals surface area contributed by atoms with Crippen molar-refractivity contribution in [3.05, 3.63) is 52.9 Å². The van der Waals surface area contributed by atoms with Gasteiger partial charge in [-0.2, -0.15) is 22.5 Å². The number of hydrogen-bond acceptors (Lipinski definition) is 2. The summed E-state index contributed by atoms with van der Waals surface area (Å²) in [5.41, 5.74) is 2.18. The van der Waals surface area contributed by atoms with Gasteiger partial charge in [-0.25, -0.2) is 0 Å². The number of ether oxygens (including phenoxy) is 1. The van der Waals surface area contributed by atoms with Gasteiger partial charge in [-0.3, -0.25) is 0 Å². The Morgan fingerprint density at radius 1 is 0.857 bits per heavy atom. The third-order valence-corrected chi connectivity index (χ3v) is 3.50. The number of halogens is 4. The summed E-state index contributed by atoms with van der Waals surface area (Å²) in [4.78, 5) is 2.48. The van der Waals surface area contributed by atoms with Crippen LogP contribution in [0.3, 0.4) is 0 Å². The largest absolute Gasteiger partial charge is 0.451 e. The van der Waals surface area contributed by atoms with Crippen molar-refractivity contribution in [3.63, 3.8) is 0 Å². The first-order chi connectivity index (χ1) is 10.1. The van der Waals surface area contributed by atoms with Gasteiger partial charge < -0.3 is 4.74 Å². The number of benzene rings is 1. The van der Waals surface area contributed by atoms with Gasteiger partial charge in [0.2, 0.25) is 17.4 Å². The first kappa shape index (κ1) is 13.9. The lowest BCUT2D eigenvalue weighted by Crippen LogP contribution is -2.05. The van der Waals surface area contributed by atoms with Gasteiger partial charge >= 0.3 is 0 Å². The zero-order valence-electron chi connectivity index (χ0n) is 10.9. The summed E-state index contributed by atoms with van der Waals surface area (Å²) in [5, 5.41) is 0. The Morgan fingerprint density at radius 3 is 2.14 bits per heavy atom. The first-order valence-corrected chi connectivity index (χ1v) is 6.56. The van der Waals surface area contributed by atoms with Crippen LogP contribution in [0.25, 0.3) is 0 Å². The molecule has 0 amide bonds. The molecule has 0 unspecified atom stereocenters. The second-order valence-corrected chi connectivity index (χ2v) is 4.89. The summed E-state index contributed by atoms with van der Waals surface area (Å²) in [7, 11) is 0. The van der Waals surface area contributed by atoms with Gasteiger partial charge in [0.1, 0.15) is 5.75 Å². The van der Waals surface area contributed by atoms with E-state index in [4.69, 9.17) is 4.74 Å². The molecule has 0 N–H and O–H groups in total. The minimum Gasteiger partial charge on any atom is -0.451 e. The summed E-state index contributed by atoms with van der Waals surface area (Å²) in [5.74, 6) is -7.74. The molecule has 0 saturated carbocycles. The molecule has 2 aromatic rings. The van der Waals surface area contributed by atoms with Crippen LogP contribution >= 0.6 is 0 Å². The fourth-order valence-corrected chi connectivity index (χ4v) is 2.45. The van der Waals surface area contributed by atoms with Crippen molar-refractivity contribution < 1.29 is 22.3 Å². The average molecular weight is 297 g/mol. The molecule has 1 aliphatic rings. The maximum absolute atomic E-state index is 13.5. The van der Waals surface area contributed by atoms with E-state index in [2.05, 4.69) is 4.98 Å². The van der Waals surface area contributed by atoms with Crippen LogP contribution in [0.15, 0.2) is 18.2 Å². The van der Waals surface area contributed by atoms with Crippen LogP contribution in [0.2, 0.25) is 0 Å². The Morgan fingerprint density at radius 2 is 1.48 bits per heavy atom. The highest BCUT2D eigenvalue weighted by molar-refractivity contribution is 5.40. The van der Waals surface area contributed by atoms with E-state index in [-0.39, 0.29) is 5.75 Å². The number of fused-ring (bicyclic) bond motifs is 1. The van der Waals surface area contributed by atoms with Crippen LogP contribution in [0, 0.1) is 23.5 Å². The van der Waals surface area contributed by atoms with Crippen LogP contribution in [0.5, 0.6) is 11.5 Å². The summed E-state index contributed by atoms with van der Waals surface area (Å²) < 4.78 is 58.0. The highest BCUT2D eigenvalue weighted by Crippen LogP contribution is 2.32. The highest BCUT2D eigenvalue weighted by Gasteiger charge is 2.23. The number of nitrogens with zero attached hydrogens (tertiary/aromatic N) is 1. The maximum atomic E-state index is 13.5. The Balaban J connectivity index is 1.97. The predicted molar refractivity (Wildman–Crippen MR) is 67.2 cm³/mol. The Kier molecular flexibility index (Phi) is 3.53. The number of aryl methyl sites for hydroxylation is 2. The SMILES string of the molecule is Fc1nc(F)c(F)c(Oc2ccc3c(c2)CCCC3)c1F. The van der Waals surface area contributed by atoms with Crippen molar-refractivity contribution in [2.75, 3.05) is 0 Å². The van der Waals surface area contributed by atoms with Crippen LogP contribution in [0.4, 0.5) is 17.6 Å². The van der Waals surface area contributed by atoms with Gasteiger partial charge in [0.15, 0.2) is 0 Å². The van der Waals surface area contributed by atoms with E-state index in [1.165, 1.54) is 6.07 Å². The monoisotopic (exact) mass is 297 g/mol. The fourth-order valence-electron chi connectivity index (χ4n) is 2.45. The van der Waals surface area contributed by atoms with E-state index in [0.29, 0.717) is 0 Å². The fraction of sp³-hybridized carbons (Fsp3) is 0.267. The van der Waals surface area contributed by atoms with Gasteiger partial charge in [-0.15, -0.1) is 0 Å². The van der Waals surface area contributed by atoms with Gasteiger partial charge in [-0.05, 0) is 48.9 Å². The molecular weight excluding hydrogens is 286 g/mol. The molecule has 21 heavy (non-hydrogen) atoms. The van der Waals surface area contributed by atoms with Crippen molar-refractivity contribution in [3.8, 4) is 11.5 Å². The van der Waals surface area contributed by atoms with E-state index in [9.17, 15) is 17.6 Å². The van der Waals surface area contributed by atoms with E-state index < -0.39 is 29.3 Å². The van der Waals surface area contributed by atoms with E-state index in [1.807, 2.05) is 0 Å². The highest BCUT2D eigenvalue weighted by atomic mass is 19.2. The first-order valence-electron chi connectivity index (χ1n) is 6.56. The number of hydrogen-bond donors (Lipinski definition) is 0. The summed E-state index contributed by atoms with van der Waals surface area (Å²) in [6, 6.07) is 4.97. The van der Waals surface area contributed by atoms with Gasteiger partial charge in [0.05, 0.1) is 0 Å². The molecule has 110 valence electrons. The molecule has 6 heteroatoms. The third-order valence-electron chi connectivity index (χ3n) is 3.50. The maximum Gasteiger partial charge on any atom is 0.255 e. The number of rotatable bonds is 2. The average Bonchev–Trinajstić information content (AvgIpc) is 2.49. The molecule has 1 aromatic heterocycles. The van der Waals surface area contributed by atoms with Crippen molar-refractivity contribution >= 4 is 0 Å². The summed E-state index contributed by atoms with van der Waals surface area (Å²) in [6.07, 6.45) is 3.91. The molecule has 0 spiro atoms. The van der Waals surface area contributed by atoms with Crippen molar-refractivity contribution in [1.29, 1.82) is 0 Å². The van der Waals surface area contributed by atoms with Gasteiger partial charge in [-0.1, -0.05) is 6.07 Å². The lowest BCUT2D eigenvalue weighted by molar-refractivity contribution is 0.343. The summed E-state index contributed by atoms with van der Waals surface area (Å²) in [6.45, 7) is 0.